The molecule has 3 aromatic rings. The van der Waals surface area contributed by atoms with E-state index >= 15 is 0 Å². The molecular formula is C28H30ClFN2O. The minimum Gasteiger partial charge on any atom is -0.374 e. The Kier molecular flexibility index (Phi) is 5.92. The first-order valence-corrected chi connectivity index (χ1v) is 12.2. The summed E-state index contributed by atoms with van der Waals surface area (Å²) in [5.41, 5.74) is 5.60. The van der Waals surface area contributed by atoms with Crippen molar-refractivity contribution in [2.45, 2.75) is 58.0 Å². The van der Waals surface area contributed by atoms with Crippen molar-refractivity contribution in [2.75, 3.05) is 6.61 Å². The number of nitrogens with zero attached hydrogens (tertiary/aromatic N) is 2. The zero-order valence-corrected chi connectivity index (χ0v) is 20.0. The van der Waals surface area contributed by atoms with Gasteiger partial charge in [-0.05, 0) is 92.1 Å². The van der Waals surface area contributed by atoms with E-state index in [0.717, 1.165) is 61.5 Å². The van der Waals surface area contributed by atoms with E-state index < -0.39 is 0 Å². The van der Waals surface area contributed by atoms with Gasteiger partial charge in [0.05, 0.1) is 23.2 Å². The highest BCUT2D eigenvalue weighted by Gasteiger charge is 2.56. The molecular weight excluding hydrogens is 435 g/mol. The fraction of sp³-hybridized carbons (Fsp3) is 0.393. The van der Waals surface area contributed by atoms with Gasteiger partial charge >= 0.3 is 0 Å². The number of aryl methyl sites for hydroxylation is 1. The van der Waals surface area contributed by atoms with Crippen LogP contribution in [0, 0.1) is 11.2 Å². The minimum absolute atomic E-state index is 0.0790. The summed E-state index contributed by atoms with van der Waals surface area (Å²) in [6.45, 7) is 5.31. The van der Waals surface area contributed by atoms with E-state index in [9.17, 15) is 4.39 Å². The third-order valence-electron chi connectivity index (χ3n) is 7.61. The average Bonchev–Trinajstić information content (AvgIpc) is 3.33. The highest BCUT2D eigenvalue weighted by Crippen LogP contribution is 2.58. The lowest BCUT2D eigenvalue weighted by atomic mass is 9.65. The summed E-state index contributed by atoms with van der Waals surface area (Å²) in [5.74, 6) is -0.237. The summed E-state index contributed by atoms with van der Waals surface area (Å²) < 4.78 is 22.1. The van der Waals surface area contributed by atoms with E-state index in [1.807, 2.05) is 23.0 Å². The highest BCUT2D eigenvalue weighted by molar-refractivity contribution is 6.30. The van der Waals surface area contributed by atoms with E-state index in [4.69, 9.17) is 16.3 Å². The summed E-state index contributed by atoms with van der Waals surface area (Å²) in [6.07, 6.45) is 10.1. The van der Waals surface area contributed by atoms with Gasteiger partial charge < -0.3 is 4.74 Å². The summed E-state index contributed by atoms with van der Waals surface area (Å²) in [5, 5.41) is 5.45. The van der Waals surface area contributed by atoms with Crippen LogP contribution in [0.25, 0.3) is 11.8 Å². The first-order chi connectivity index (χ1) is 15.9. The molecule has 2 aliphatic rings. The summed E-state index contributed by atoms with van der Waals surface area (Å²) in [6, 6.07) is 14.7. The van der Waals surface area contributed by atoms with Gasteiger partial charge in [0, 0.05) is 17.0 Å². The Labute approximate surface area is 200 Å². The summed E-state index contributed by atoms with van der Waals surface area (Å²) in [4.78, 5) is 0. The van der Waals surface area contributed by atoms with Gasteiger partial charge in [0.15, 0.2) is 0 Å². The van der Waals surface area contributed by atoms with E-state index in [-0.39, 0.29) is 16.8 Å². The Morgan fingerprint density at radius 2 is 2.00 bits per heavy atom. The van der Waals surface area contributed by atoms with Gasteiger partial charge in [-0.1, -0.05) is 43.2 Å². The zero-order valence-electron chi connectivity index (χ0n) is 19.3. The maximum atomic E-state index is 13.4. The van der Waals surface area contributed by atoms with Crippen molar-refractivity contribution >= 4 is 17.7 Å². The van der Waals surface area contributed by atoms with E-state index in [2.05, 4.69) is 37.2 Å². The molecule has 1 heterocycles. The quantitative estimate of drug-likeness (QED) is 0.369. The number of ether oxygens (including phenoxy) is 1. The van der Waals surface area contributed by atoms with Gasteiger partial charge in [-0.25, -0.2) is 9.07 Å². The van der Waals surface area contributed by atoms with Crippen molar-refractivity contribution < 1.29 is 9.13 Å². The van der Waals surface area contributed by atoms with Crippen molar-refractivity contribution in [3.63, 3.8) is 0 Å². The molecule has 172 valence electrons. The fourth-order valence-corrected chi connectivity index (χ4v) is 5.96. The summed E-state index contributed by atoms with van der Waals surface area (Å²) in [7, 11) is 0. The second-order valence-corrected chi connectivity index (χ2v) is 10.0. The molecule has 2 atom stereocenters. The number of fused-ring (bicyclic) bond motifs is 2. The molecule has 5 heteroatoms. The van der Waals surface area contributed by atoms with Gasteiger partial charge in [0.25, 0.3) is 0 Å². The van der Waals surface area contributed by atoms with Gasteiger partial charge in [-0.15, -0.1) is 0 Å². The number of aromatic nitrogens is 2. The van der Waals surface area contributed by atoms with Crippen LogP contribution in [0.15, 0.2) is 60.3 Å². The molecule has 2 aromatic carbocycles. The van der Waals surface area contributed by atoms with Gasteiger partial charge in [0.1, 0.15) is 5.82 Å². The number of benzene rings is 2. The van der Waals surface area contributed by atoms with Gasteiger partial charge in [-0.3, -0.25) is 0 Å². The molecule has 33 heavy (non-hydrogen) atoms. The second kappa shape index (κ2) is 8.73. The van der Waals surface area contributed by atoms with Crippen LogP contribution in [-0.4, -0.2) is 22.0 Å². The number of hydrogen-bond acceptors (Lipinski definition) is 2. The Morgan fingerprint density at radius 3 is 2.76 bits per heavy atom. The molecule has 0 amide bonds. The van der Waals surface area contributed by atoms with E-state index in [0.29, 0.717) is 0 Å². The average molecular weight is 465 g/mol. The maximum absolute atomic E-state index is 13.4. The standard InChI is InChI=1S/C28H30ClFN2O/c1-3-15-33-28(13-11-20-5-4-6-23(29)16-20)14-12-22-17-26-21(18-27(22,28)2)19-31-32(26)25-9-7-24(30)8-10-25/h4-10,16-17,19H,3,11-15,18H2,1-2H3/t27-,28-/m0/s1. The lowest BCUT2D eigenvalue weighted by Crippen LogP contribution is -2.48. The Balaban J connectivity index is 1.48. The minimum atomic E-state index is -0.237. The summed E-state index contributed by atoms with van der Waals surface area (Å²) >= 11 is 6.24. The van der Waals surface area contributed by atoms with Crippen molar-refractivity contribution in [2.24, 2.45) is 5.41 Å². The molecule has 0 radical (unpaired) electrons. The fourth-order valence-electron chi connectivity index (χ4n) is 5.74. The zero-order chi connectivity index (χ0) is 23.1. The normalized spacial score (nSPS) is 23.8. The Bertz CT molecular complexity index is 1180. The molecule has 1 fully saturated rings. The molecule has 1 saturated carbocycles. The molecule has 2 aliphatic carbocycles. The third-order valence-corrected chi connectivity index (χ3v) is 7.85. The first kappa shape index (κ1) is 22.4. The second-order valence-electron chi connectivity index (χ2n) is 9.59. The van der Waals surface area contributed by atoms with Crippen molar-refractivity contribution in [1.29, 1.82) is 0 Å². The van der Waals surface area contributed by atoms with Crippen LogP contribution in [0.4, 0.5) is 4.39 Å². The molecule has 0 bridgehead atoms. The van der Waals surface area contributed by atoms with Crippen LogP contribution in [0.2, 0.25) is 5.02 Å². The van der Waals surface area contributed by atoms with Crippen molar-refractivity contribution in [3.8, 4) is 5.69 Å². The SMILES string of the molecule is CCCO[C@@]1(CCc2cccc(Cl)c2)CCC2=Cc3c(cnn3-c3ccc(F)cc3)C[C@@]21C. The molecule has 0 aliphatic heterocycles. The van der Waals surface area contributed by atoms with Crippen molar-refractivity contribution in [3.05, 3.63) is 88.0 Å². The van der Waals surface area contributed by atoms with Gasteiger partial charge in [-0.2, -0.15) is 5.10 Å². The van der Waals surface area contributed by atoms with Crippen LogP contribution in [0.5, 0.6) is 0 Å². The van der Waals surface area contributed by atoms with Gasteiger partial charge in [0.2, 0.25) is 0 Å². The predicted octanol–water partition coefficient (Wildman–Crippen LogP) is 7.20. The molecule has 3 nitrogen and oxygen atoms in total. The largest absolute Gasteiger partial charge is 0.374 e. The third kappa shape index (κ3) is 3.94. The topological polar surface area (TPSA) is 27.1 Å². The molecule has 5 rings (SSSR count). The number of halogens is 2. The number of hydrogen-bond donors (Lipinski definition) is 0. The lowest BCUT2D eigenvalue weighted by Gasteiger charge is -2.46. The molecule has 1 aromatic heterocycles. The molecule has 0 saturated heterocycles. The number of rotatable bonds is 7. The van der Waals surface area contributed by atoms with Crippen molar-refractivity contribution in [1.82, 2.24) is 9.78 Å². The van der Waals surface area contributed by atoms with Crippen LogP contribution in [-0.2, 0) is 17.6 Å². The maximum Gasteiger partial charge on any atom is 0.123 e. The Morgan fingerprint density at radius 1 is 1.18 bits per heavy atom. The molecule has 0 unspecified atom stereocenters. The van der Waals surface area contributed by atoms with Crippen LogP contribution in [0.1, 0.15) is 56.4 Å². The van der Waals surface area contributed by atoms with Crippen LogP contribution >= 0.6 is 11.6 Å². The lowest BCUT2D eigenvalue weighted by molar-refractivity contribution is -0.108. The Hall–Kier alpha value is -2.43. The molecule has 0 spiro atoms. The van der Waals surface area contributed by atoms with E-state index in [1.54, 1.807) is 12.1 Å². The monoisotopic (exact) mass is 464 g/mol. The molecule has 0 N–H and O–H groups in total. The smallest absolute Gasteiger partial charge is 0.123 e. The predicted molar refractivity (Wildman–Crippen MR) is 131 cm³/mol. The highest BCUT2D eigenvalue weighted by atomic mass is 35.5. The van der Waals surface area contributed by atoms with E-state index in [1.165, 1.54) is 28.8 Å². The van der Waals surface area contributed by atoms with Crippen LogP contribution < -0.4 is 0 Å². The first-order valence-electron chi connectivity index (χ1n) is 11.9. The van der Waals surface area contributed by atoms with Crippen LogP contribution in [0.3, 0.4) is 0 Å².